The van der Waals surface area contributed by atoms with Crippen LogP contribution in [0.15, 0.2) is 48.5 Å². The van der Waals surface area contributed by atoms with Crippen molar-refractivity contribution in [1.82, 2.24) is 10.2 Å². The predicted octanol–water partition coefficient (Wildman–Crippen LogP) is 3.33. The van der Waals surface area contributed by atoms with Crippen molar-refractivity contribution in [2.24, 2.45) is 0 Å². The van der Waals surface area contributed by atoms with Gasteiger partial charge in [-0.15, -0.1) is 12.4 Å². The Balaban J connectivity index is 0.00000243. The first-order valence-corrected chi connectivity index (χ1v) is 8.27. The first kappa shape index (κ1) is 20.1. The molecule has 1 aliphatic heterocycles. The van der Waals surface area contributed by atoms with Crippen molar-refractivity contribution in [2.45, 2.75) is 12.5 Å². The molecule has 1 fully saturated rings. The molecule has 3 rings (SSSR count). The van der Waals surface area contributed by atoms with Gasteiger partial charge in [0.05, 0.1) is 19.1 Å². The van der Waals surface area contributed by atoms with Crippen LogP contribution in [0.1, 0.15) is 18.0 Å². The van der Waals surface area contributed by atoms with E-state index in [1.165, 1.54) is 36.4 Å². The van der Waals surface area contributed by atoms with Crippen LogP contribution in [0.4, 0.5) is 8.78 Å². The third kappa shape index (κ3) is 5.16. The van der Waals surface area contributed by atoms with Crippen LogP contribution in [-0.2, 0) is 4.79 Å². The third-order valence-corrected chi connectivity index (χ3v) is 4.20. The Kier molecular flexibility index (Phi) is 7.36. The molecule has 0 radical (unpaired) electrons. The molecule has 0 aromatic heterocycles. The molecule has 1 saturated heterocycles. The fourth-order valence-electron chi connectivity index (χ4n) is 2.95. The minimum atomic E-state index is -0.331. The number of rotatable bonds is 5. The van der Waals surface area contributed by atoms with Gasteiger partial charge in [-0.1, -0.05) is 12.1 Å². The van der Waals surface area contributed by atoms with Gasteiger partial charge in [-0.2, -0.15) is 0 Å². The third-order valence-electron chi connectivity index (χ3n) is 4.20. The highest BCUT2D eigenvalue weighted by Gasteiger charge is 2.27. The van der Waals surface area contributed by atoms with Crippen molar-refractivity contribution in [1.29, 1.82) is 0 Å². The number of hydrogen-bond acceptors (Lipinski definition) is 3. The highest BCUT2D eigenvalue weighted by atomic mass is 35.5. The van der Waals surface area contributed by atoms with Gasteiger partial charge in [0, 0.05) is 19.6 Å². The van der Waals surface area contributed by atoms with Crippen LogP contribution < -0.4 is 10.1 Å². The largest absolute Gasteiger partial charge is 0.493 e. The Morgan fingerprint density at radius 2 is 1.92 bits per heavy atom. The Hall–Kier alpha value is -2.18. The van der Waals surface area contributed by atoms with Crippen molar-refractivity contribution >= 4 is 18.3 Å². The summed E-state index contributed by atoms with van der Waals surface area (Å²) in [5.41, 5.74) is 0.778. The van der Waals surface area contributed by atoms with Crippen molar-refractivity contribution in [3.63, 3.8) is 0 Å². The van der Waals surface area contributed by atoms with Gasteiger partial charge in [0.25, 0.3) is 0 Å². The molecule has 26 heavy (non-hydrogen) atoms. The van der Waals surface area contributed by atoms with Gasteiger partial charge < -0.3 is 15.0 Å². The van der Waals surface area contributed by atoms with E-state index >= 15 is 0 Å². The van der Waals surface area contributed by atoms with Crippen molar-refractivity contribution in [3.8, 4) is 5.75 Å². The number of hydrogen-bond donors (Lipinski definition) is 1. The lowest BCUT2D eigenvalue weighted by Crippen LogP contribution is -2.49. The normalized spacial score (nSPS) is 16.7. The molecular formula is C19H21ClF2N2O2. The SMILES string of the molecule is Cl.O=C(CCOc1ccc(F)cc1)N1CCNCC1c1cccc(F)c1. The number of nitrogens with one attached hydrogen (secondary N) is 1. The number of carbonyl (C=O) groups is 1. The molecule has 4 nitrogen and oxygen atoms in total. The Morgan fingerprint density at radius 1 is 1.15 bits per heavy atom. The molecule has 140 valence electrons. The minimum Gasteiger partial charge on any atom is -0.493 e. The second kappa shape index (κ2) is 9.50. The number of carbonyl (C=O) groups excluding carboxylic acids is 1. The molecule has 0 spiro atoms. The predicted molar refractivity (Wildman–Crippen MR) is 97.5 cm³/mol. The summed E-state index contributed by atoms with van der Waals surface area (Å²) < 4.78 is 31.9. The first-order chi connectivity index (χ1) is 12.1. The smallest absolute Gasteiger partial charge is 0.226 e. The van der Waals surface area contributed by atoms with E-state index in [1.807, 2.05) is 6.07 Å². The molecule has 2 aromatic rings. The number of ether oxygens (including phenoxy) is 1. The van der Waals surface area contributed by atoms with Crippen molar-refractivity contribution in [3.05, 3.63) is 65.7 Å². The Morgan fingerprint density at radius 3 is 2.65 bits per heavy atom. The molecule has 7 heteroatoms. The van der Waals surface area contributed by atoms with Gasteiger partial charge in [0.15, 0.2) is 0 Å². The lowest BCUT2D eigenvalue weighted by molar-refractivity contribution is -0.135. The average molecular weight is 383 g/mol. The van der Waals surface area contributed by atoms with E-state index in [4.69, 9.17) is 4.74 Å². The van der Waals surface area contributed by atoms with Gasteiger partial charge >= 0.3 is 0 Å². The fourth-order valence-corrected chi connectivity index (χ4v) is 2.95. The van der Waals surface area contributed by atoms with Gasteiger partial charge in [-0.25, -0.2) is 8.78 Å². The average Bonchev–Trinajstić information content (AvgIpc) is 2.63. The van der Waals surface area contributed by atoms with E-state index in [1.54, 1.807) is 11.0 Å². The van der Waals surface area contributed by atoms with Crippen molar-refractivity contribution < 1.29 is 18.3 Å². The van der Waals surface area contributed by atoms with E-state index in [0.29, 0.717) is 25.4 Å². The molecule has 1 atom stereocenters. The summed E-state index contributed by atoms with van der Waals surface area (Å²) >= 11 is 0. The molecule has 1 aliphatic rings. The van der Waals surface area contributed by atoms with E-state index < -0.39 is 0 Å². The molecule has 1 amide bonds. The standard InChI is InChI=1S/C19H20F2N2O2.ClH/c20-15-4-6-17(7-5-15)25-11-8-19(24)23-10-9-22-13-18(23)14-2-1-3-16(21)12-14;/h1-7,12,18,22H,8-11,13H2;1H. The maximum absolute atomic E-state index is 13.5. The van der Waals surface area contributed by atoms with Gasteiger partial charge in [0.2, 0.25) is 5.91 Å². The van der Waals surface area contributed by atoms with E-state index in [2.05, 4.69) is 5.32 Å². The van der Waals surface area contributed by atoms with Crippen LogP contribution in [0.2, 0.25) is 0 Å². The van der Waals surface area contributed by atoms with Crippen LogP contribution in [0, 0.1) is 11.6 Å². The maximum atomic E-state index is 13.5. The lowest BCUT2D eigenvalue weighted by Gasteiger charge is -2.36. The van der Waals surface area contributed by atoms with E-state index in [0.717, 1.165) is 5.56 Å². The van der Waals surface area contributed by atoms with Gasteiger partial charge in [-0.05, 0) is 42.0 Å². The highest BCUT2D eigenvalue weighted by molar-refractivity contribution is 5.85. The molecule has 0 bridgehead atoms. The second-order valence-electron chi connectivity index (χ2n) is 5.91. The summed E-state index contributed by atoms with van der Waals surface area (Å²) in [6.45, 7) is 2.07. The van der Waals surface area contributed by atoms with E-state index in [9.17, 15) is 13.6 Å². The summed E-state index contributed by atoms with van der Waals surface area (Å²) in [5, 5.41) is 3.24. The number of halogens is 3. The maximum Gasteiger partial charge on any atom is 0.226 e. The van der Waals surface area contributed by atoms with Crippen LogP contribution in [0.3, 0.4) is 0 Å². The van der Waals surface area contributed by atoms with Gasteiger partial charge in [0.1, 0.15) is 17.4 Å². The molecule has 0 aliphatic carbocycles. The van der Waals surface area contributed by atoms with Crippen LogP contribution in [0.25, 0.3) is 0 Å². The van der Waals surface area contributed by atoms with Crippen molar-refractivity contribution in [2.75, 3.05) is 26.2 Å². The first-order valence-electron chi connectivity index (χ1n) is 8.27. The van der Waals surface area contributed by atoms with Crippen LogP contribution >= 0.6 is 12.4 Å². The molecule has 1 unspecified atom stereocenters. The van der Waals surface area contributed by atoms with Gasteiger partial charge in [-0.3, -0.25) is 4.79 Å². The van der Waals surface area contributed by atoms with Crippen LogP contribution in [0.5, 0.6) is 5.75 Å². The molecule has 0 saturated carbocycles. The molecular weight excluding hydrogens is 362 g/mol. The molecule has 1 heterocycles. The Labute approximate surface area is 157 Å². The topological polar surface area (TPSA) is 41.6 Å². The second-order valence-corrected chi connectivity index (χ2v) is 5.91. The highest BCUT2D eigenvalue weighted by Crippen LogP contribution is 2.23. The minimum absolute atomic E-state index is 0. The zero-order valence-electron chi connectivity index (χ0n) is 14.2. The quantitative estimate of drug-likeness (QED) is 0.862. The fraction of sp³-hybridized carbons (Fsp3) is 0.316. The number of nitrogens with zero attached hydrogens (tertiary/aromatic N) is 1. The zero-order valence-corrected chi connectivity index (χ0v) is 15.0. The zero-order chi connectivity index (χ0) is 17.6. The lowest BCUT2D eigenvalue weighted by atomic mass is 10.0. The summed E-state index contributed by atoms with van der Waals surface area (Å²) in [5.74, 6) is -0.161. The van der Waals surface area contributed by atoms with E-state index in [-0.39, 0.29) is 49.0 Å². The number of benzene rings is 2. The summed E-state index contributed by atoms with van der Waals surface area (Å²) in [6, 6.07) is 11.8. The summed E-state index contributed by atoms with van der Waals surface area (Å²) in [4.78, 5) is 14.3. The monoisotopic (exact) mass is 382 g/mol. The Bertz CT molecular complexity index is 728. The number of amides is 1. The molecule has 1 N–H and O–H groups in total. The summed E-state index contributed by atoms with van der Waals surface area (Å²) in [6.07, 6.45) is 0.212. The number of piperazine rings is 1. The van der Waals surface area contributed by atoms with Crippen LogP contribution in [-0.4, -0.2) is 37.0 Å². The summed E-state index contributed by atoms with van der Waals surface area (Å²) in [7, 11) is 0. The molecule has 2 aromatic carbocycles.